The van der Waals surface area contributed by atoms with Gasteiger partial charge in [0.1, 0.15) is 0 Å². The Bertz CT molecular complexity index is 358. The molecule has 1 saturated carbocycles. The van der Waals surface area contributed by atoms with Crippen LogP contribution in [0.1, 0.15) is 43.8 Å². The predicted octanol–water partition coefficient (Wildman–Crippen LogP) is 1.94. The van der Waals surface area contributed by atoms with E-state index in [-0.39, 0.29) is 18.6 Å². The van der Waals surface area contributed by atoms with Gasteiger partial charge in [0.15, 0.2) is 0 Å². The van der Waals surface area contributed by atoms with Crippen LogP contribution in [0.2, 0.25) is 0 Å². The Kier molecular flexibility index (Phi) is 4.64. The van der Waals surface area contributed by atoms with Gasteiger partial charge in [-0.05, 0) is 18.9 Å². The van der Waals surface area contributed by atoms with Gasteiger partial charge in [-0.1, -0.05) is 19.3 Å². The van der Waals surface area contributed by atoms with Gasteiger partial charge in [0.2, 0.25) is 0 Å². The minimum atomic E-state index is -0.721. The summed E-state index contributed by atoms with van der Waals surface area (Å²) in [6, 6.07) is 1.76. The van der Waals surface area contributed by atoms with Crippen LogP contribution in [-0.4, -0.2) is 23.7 Å². The number of furan rings is 1. The molecule has 0 spiro atoms. The van der Waals surface area contributed by atoms with E-state index in [1.165, 1.54) is 31.8 Å². The van der Waals surface area contributed by atoms with E-state index in [4.69, 9.17) is 4.42 Å². The molecule has 0 bridgehead atoms. The van der Waals surface area contributed by atoms with Gasteiger partial charge in [-0.25, -0.2) is 4.79 Å². The normalized spacial score (nSPS) is 18.3. The van der Waals surface area contributed by atoms with Crippen molar-refractivity contribution in [2.24, 2.45) is 0 Å². The first-order valence-corrected chi connectivity index (χ1v) is 6.50. The Labute approximate surface area is 107 Å². The number of urea groups is 1. The topological polar surface area (TPSA) is 74.5 Å². The zero-order valence-electron chi connectivity index (χ0n) is 10.4. The molecule has 3 N–H and O–H groups in total. The van der Waals surface area contributed by atoms with Crippen molar-refractivity contribution in [3.8, 4) is 0 Å². The van der Waals surface area contributed by atoms with Crippen molar-refractivity contribution in [1.29, 1.82) is 0 Å². The van der Waals surface area contributed by atoms with Gasteiger partial charge < -0.3 is 20.2 Å². The summed E-state index contributed by atoms with van der Waals surface area (Å²) < 4.78 is 4.88. The van der Waals surface area contributed by atoms with Gasteiger partial charge in [0.25, 0.3) is 0 Å². The summed E-state index contributed by atoms with van der Waals surface area (Å²) in [7, 11) is 0. The number of amides is 2. The lowest BCUT2D eigenvalue weighted by Crippen LogP contribution is -2.44. The Morgan fingerprint density at radius 1 is 1.44 bits per heavy atom. The first-order valence-electron chi connectivity index (χ1n) is 6.50. The average molecular weight is 252 g/mol. The number of aliphatic hydroxyl groups excluding tert-OH is 1. The minimum absolute atomic E-state index is 0.193. The molecule has 5 nitrogen and oxygen atoms in total. The lowest BCUT2D eigenvalue weighted by atomic mass is 9.96. The lowest BCUT2D eigenvalue weighted by Gasteiger charge is -2.23. The molecule has 0 radical (unpaired) electrons. The van der Waals surface area contributed by atoms with Crippen LogP contribution < -0.4 is 10.6 Å². The van der Waals surface area contributed by atoms with Crippen molar-refractivity contribution in [3.63, 3.8) is 0 Å². The van der Waals surface area contributed by atoms with Crippen molar-refractivity contribution < 1.29 is 14.3 Å². The third-order valence-electron chi connectivity index (χ3n) is 3.32. The summed E-state index contributed by atoms with van der Waals surface area (Å²) in [5.74, 6) is 0. The predicted molar refractivity (Wildman–Crippen MR) is 67.1 cm³/mol. The molecule has 1 unspecified atom stereocenters. The molecular weight excluding hydrogens is 232 g/mol. The lowest BCUT2D eigenvalue weighted by molar-refractivity contribution is 0.171. The molecule has 1 fully saturated rings. The second kappa shape index (κ2) is 6.44. The highest BCUT2D eigenvalue weighted by atomic mass is 16.3. The smallest absolute Gasteiger partial charge is 0.315 e. The van der Waals surface area contributed by atoms with E-state index in [1.807, 2.05) is 0 Å². The standard InChI is InChI=1S/C13H20N2O3/c16-12(10-6-7-18-9-10)8-14-13(17)15-11-4-2-1-3-5-11/h6-7,9,11-12,16H,1-5,8H2,(H2,14,15,17). The zero-order chi connectivity index (χ0) is 12.8. The number of aliphatic hydroxyl groups is 1. The Morgan fingerprint density at radius 3 is 2.89 bits per heavy atom. The molecule has 1 aliphatic carbocycles. The van der Waals surface area contributed by atoms with Gasteiger partial charge in [-0.2, -0.15) is 0 Å². The summed E-state index contributed by atoms with van der Waals surface area (Å²) in [5, 5.41) is 15.4. The second-order valence-corrected chi connectivity index (χ2v) is 4.76. The number of nitrogens with one attached hydrogen (secondary N) is 2. The van der Waals surface area contributed by atoms with E-state index in [2.05, 4.69) is 10.6 Å². The Balaban J connectivity index is 1.68. The molecule has 0 aliphatic heterocycles. The highest BCUT2D eigenvalue weighted by Crippen LogP contribution is 2.17. The summed E-state index contributed by atoms with van der Waals surface area (Å²) in [6.45, 7) is 0.193. The highest BCUT2D eigenvalue weighted by Gasteiger charge is 2.16. The van der Waals surface area contributed by atoms with Crippen molar-refractivity contribution in [2.75, 3.05) is 6.54 Å². The summed E-state index contributed by atoms with van der Waals surface area (Å²) in [4.78, 5) is 11.6. The minimum Gasteiger partial charge on any atom is -0.472 e. The molecule has 18 heavy (non-hydrogen) atoms. The molecule has 0 saturated heterocycles. The van der Waals surface area contributed by atoms with Gasteiger partial charge in [-0.3, -0.25) is 0 Å². The highest BCUT2D eigenvalue weighted by molar-refractivity contribution is 5.74. The zero-order valence-corrected chi connectivity index (χ0v) is 10.4. The van der Waals surface area contributed by atoms with Crippen molar-refractivity contribution >= 4 is 6.03 Å². The molecule has 1 aliphatic rings. The SMILES string of the molecule is O=C(NCC(O)c1ccoc1)NC1CCCCC1. The van der Waals surface area contributed by atoms with Gasteiger partial charge >= 0.3 is 6.03 Å². The molecule has 1 aromatic rings. The van der Waals surface area contributed by atoms with E-state index in [0.29, 0.717) is 5.56 Å². The molecule has 100 valence electrons. The van der Waals surface area contributed by atoms with E-state index >= 15 is 0 Å². The fourth-order valence-corrected chi connectivity index (χ4v) is 2.26. The fourth-order valence-electron chi connectivity index (χ4n) is 2.26. The molecule has 1 atom stereocenters. The van der Waals surface area contributed by atoms with Crippen LogP contribution in [0.4, 0.5) is 4.79 Å². The number of hydrogen-bond donors (Lipinski definition) is 3. The quantitative estimate of drug-likeness (QED) is 0.766. The Hall–Kier alpha value is -1.49. The van der Waals surface area contributed by atoms with Crippen LogP contribution in [-0.2, 0) is 0 Å². The largest absolute Gasteiger partial charge is 0.472 e. The number of hydrogen-bond acceptors (Lipinski definition) is 3. The van der Waals surface area contributed by atoms with Crippen molar-refractivity contribution in [1.82, 2.24) is 10.6 Å². The van der Waals surface area contributed by atoms with Crippen molar-refractivity contribution in [2.45, 2.75) is 44.2 Å². The number of carbonyl (C=O) groups excluding carboxylic acids is 1. The molecule has 1 heterocycles. The summed E-state index contributed by atoms with van der Waals surface area (Å²) >= 11 is 0. The van der Waals surface area contributed by atoms with Crippen LogP contribution in [0, 0.1) is 0 Å². The molecule has 1 aromatic heterocycles. The van der Waals surface area contributed by atoms with E-state index < -0.39 is 6.10 Å². The van der Waals surface area contributed by atoms with Crippen molar-refractivity contribution in [3.05, 3.63) is 24.2 Å². The molecule has 0 aromatic carbocycles. The summed E-state index contributed by atoms with van der Waals surface area (Å²) in [5.41, 5.74) is 0.674. The third-order valence-corrected chi connectivity index (χ3v) is 3.32. The first kappa shape index (κ1) is 13.0. The third kappa shape index (κ3) is 3.77. The monoisotopic (exact) mass is 252 g/mol. The maximum atomic E-state index is 11.6. The Morgan fingerprint density at radius 2 is 2.22 bits per heavy atom. The first-order chi connectivity index (χ1) is 8.75. The van der Waals surface area contributed by atoms with E-state index in [9.17, 15) is 9.90 Å². The van der Waals surface area contributed by atoms with Gasteiger partial charge in [-0.15, -0.1) is 0 Å². The van der Waals surface area contributed by atoms with Crippen LogP contribution in [0.5, 0.6) is 0 Å². The second-order valence-electron chi connectivity index (χ2n) is 4.76. The van der Waals surface area contributed by atoms with Crippen LogP contribution in [0.15, 0.2) is 23.0 Å². The van der Waals surface area contributed by atoms with E-state index in [0.717, 1.165) is 12.8 Å². The number of carbonyl (C=O) groups is 1. The van der Waals surface area contributed by atoms with Crippen LogP contribution in [0.25, 0.3) is 0 Å². The maximum Gasteiger partial charge on any atom is 0.315 e. The molecule has 5 heteroatoms. The average Bonchev–Trinajstić information content (AvgIpc) is 2.91. The van der Waals surface area contributed by atoms with E-state index in [1.54, 1.807) is 6.07 Å². The summed E-state index contributed by atoms with van der Waals surface area (Å²) in [6.07, 6.45) is 7.99. The molecule has 2 rings (SSSR count). The molecule has 2 amide bonds. The van der Waals surface area contributed by atoms with Crippen LogP contribution >= 0.6 is 0 Å². The fraction of sp³-hybridized carbons (Fsp3) is 0.615. The van der Waals surface area contributed by atoms with Gasteiger partial charge in [0, 0.05) is 18.2 Å². The maximum absolute atomic E-state index is 11.6. The van der Waals surface area contributed by atoms with Crippen LogP contribution in [0.3, 0.4) is 0 Å². The number of rotatable bonds is 4. The molecular formula is C13H20N2O3. The van der Waals surface area contributed by atoms with Gasteiger partial charge in [0.05, 0.1) is 18.6 Å².